The van der Waals surface area contributed by atoms with Gasteiger partial charge in [-0.05, 0) is 68.0 Å². The minimum absolute atomic E-state index is 0.0314. The highest BCUT2D eigenvalue weighted by atomic mass is 32.2. The minimum Gasteiger partial charge on any atom is -0.339 e. The van der Waals surface area contributed by atoms with Crippen molar-refractivity contribution in [3.63, 3.8) is 0 Å². The number of carbonyl (C=O) groups excluding carboxylic acids is 1. The molecule has 0 radical (unpaired) electrons. The lowest BCUT2D eigenvalue weighted by molar-refractivity contribution is -0.119. The SMILES string of the molecule is CC1CCN(S(=O)(=O)c2ccc(-c3noc(CCC(=O)N4c5ccccc5C[C@H]4C)n3)cc2)CC1. The van der Waals surface area contributed by atoms with Gasteiger partial charge in [-0.3, -0.25) is 4.79 Å². The summed E-state index contributed by atoms with van der Waals surface area (Å²) in [6.45, 7) is 5.32. The number of anilines is 1. The van der Waals surface area contributed by atoms with Crippen LogP contribution in [0.4, 0.5) is 5.69 Å². The second kappa shape index (κ2) is 9.54. The third-order valence-corrected chi connectivity index (χ3v) is 8.90. The van der Waals surface area contributed by atoms with E-state index < -0.39 is 10.0 Å². The molecule has 1 aromatic heterocycles. The van der Waals surface area contributed by atoms with Gasteiger partial charge >= 0.3 is 0 Å². The number of benzene rings is 2. The summed E-state index contributed by atoms with van der Waals surface area (Å²) in [7, 11) is -3.50. The summed E-state index contributed by atoms with van der Waals surface area (Å²) in [6.07, 6.45) is 3.24. The molecule has 3 heterocycles. The van der Waals surface area contributed by atoms with E-state index in [9.17, 15) is 13.2 Å². The average Bonchev–Trinajstić information content (AvgIpc) is 3.46. The first-order chi connectivity index (χ1) is 16.8. The quantitative estimate of drug-likeness (QED) is 0.513. The van der Waals surface area contributed by atoms with E-state index in [0.717, 1.165) is 24.9 Å². The van der Waals surface area contributed by atoms with Crippen molar-refractivity contribution in [2.75, 3.05) is 18.0 Å². The van der Waals surface area contributed by atoms with Gasteiger partial charge in [0.15, 0.2) is 0 Å². The van der Waals surface area contributed by atoms with Crippen molar-refractivity contribution in [1.82, 2.24) is 14.4 Å². The van der Waals surface area contributed by atoms with Gasteiger partial charge in [0.1, 0.15) is 0 Å². The molecule has 1 saturated heterocycles. The van der Waals surface area contributed by atoms with E-state index in [1.807, 2.05) is 23.1 Å². The molecule has 1 atom stereocenters. The monoisotopic (exact) mass is 494 g/mol. The number of rotatable bonds is 6. The maximum atomic E-state index is 12.9. The Morgan fingerprint density at radius 1 is 1.06 bits per heavy atom. The maximum Gasteiger partial charge on any atom is 0.243 e. The lowest BCUT2D eigenvalue weighted by Gasteiger charge is -2.29. The van der Waals surface area contributed by atoms with Crippen LogP contribution in [0.25, 0.3) is 11.4 Å². The van der Waals surface area contributed by atoms with Crippen molar-refractivity contribution in [3.05, 3.63) is 60.0 Å². The van der Waals surface area contributed by atoms with Gasteiger partial charge in [0.05, 0.1) is 4.90 Å². The van der Waals surface area contributed by atoms with Crippen LogP contribution in [0, 0.1) is 5.92 Å². The van der Waals surface area contributed by atoms with Crippen LogP contribution in [0.2, 0.25) is 0 Å². The van der Waals surface area contributed by atoms with Gasteiger partial charge in [-0.15, -0.1) is 0 Å². The molecule has 9 heteroatoms. The fraction of sp³-hybridized carbons (Fsp3) is 0.423. The molecule has 3 aromatic rings. The number of hydrogen-bond acceptors (Lipinski definition) is 6. The molecule has 2 aromatic carbocycles. The Hall–Kier alpha value is -3.04. The molecule has 2 aliphatic heterocycles. The summed E-state index contributed by atoms with van der Waals surface area (Å²) < 4.78 is 32.8. The van der Waals surface area contributed by atoms with Gasteiger partial charge in [-0.1, -0.05) is 30.3 Å². The van der Waals surface area contributed by atoms with Gasteiger partial charge in [-0.25, -0.2) is 8.42 Å². The van der Waals surface area contributed by atoms with Crippen LogP contribution >= 0.6 is 0 Å². The van der Waals surface area contributed by atoms with E-state index in [0.29, 0.717) is 42.7 Å². The third kappa shape index (κ3) is 4.75. The number of hydrogen-bond donors (Lipinski definition) is 0. The molecule has 0 bridgehead atoms. The number of para-hydroxylation sites is 1. The second-order valence-corrected chi connectivity index (χ2v) is 11.5. The smallest absolute Gasteiger partial charge is 0.243 e. The van der Waals surface area contributed by atoms with E-state index in [-0.39, 0.29) is 23.3 Å². The minimum atomic E-state index is -3.50. The van der Waals surface area contributed by atoms with Gasteiger partial charge < -0.3 is 9.42 Å². The number of nitrogens with zero attached hydrogens (tertiary/aromatic N) is 4. The highest BCUT2D eigenvalue weighted by molar-refractivity contribution is 7.89. The number of piperidine rings is 1. The van der Waals surface area contributed by atoms with Crippen molar-refractivity contribution >= 4 is 21.6 Å². The largest absolute Gasteiger partial charge is 0.339 e. The molecule has 5 rings (SSSR count). The number of fused-ring (bicyclic) bond motifs is 1. The van der Waals surface area contributed by atoms with Crippen LogP contribution in [0.15, 0.2) is 57.9 Å². The molecular formula is C26H30N4O4S. The number of carbonyl (C=O) groups is 1. The summed E-state index contributed by atoms with van der Waals surface area (Å²) in [4.78, 5) is 19.5. The van der Waals surface area contributed by atoms with Crippen molar-refractivity contribution < 1.29 is 17.7 Å². The number of sulfonamides is 1. The molecule has 8 nitrogen and oxygen atoms in total. The van der Waals surface area contributed by atoms with E-state index in [4.69, 9.17) is 4.52 Å². The van der Waals surface area contributed by atoms with E-state index >= 15 is 0 Å². The molecule has 184 valence electrons. The standard InChI is InChI=1S/C26H30N4O4S/c1-18-13-15-29(16-14-18)35(32,33)22-9-7-20(8-10-22)26-27-24(34-28-26)11-12-25(31)30-19(2)17-21-5-3-4-6-23(21)30/h3-10,18-19H,11-17H2,1-2H3/t19-/m1/s1. The summed E-state index contributed by atoms with van der Waals surface area (Å²) in [6, 6.07) is 14.7. The van der Waals surface area contributed by atoms with Crippen molar-refractivity contribution in [1.29, 1.82) is 0 Å². The summed E-state index contributed by atoms with van der Waals surface area (Å²) >= 11 is 0. The zero-order chi connectivity index (χ0) is 24.6. The van der Waals surface area contributed by atoms with Crippen molar-refractivity contribution in [2.24, 2.45) is 5.92 Å². The Morgan fingerprint density at radius 3 is 2.51 bits per heavy atom. The third-order valence-electron chi connectivity index (χ3n) is 6.99. The molecule has 35 heavy (non-hydrogen) atoms. The predicted octanol–water partition coefficient (Wildman–Crippen LogP) is 4.07. The summed E-state index contributed by atoms with van der Waals surface area (Å²) in [5, 5.41) is 4.03. The highest BCUT2D eigenvalue weighted by Crippen LogP contribution is 2.32. The van der Waals surface area contributed by atoms with E-state index in [1.165, 1.54) is 5.56 Å². The van der Waals surface area contributed by atoms with Gasteiger partial charge in [0.25, 0.3) is 0 Å². The Balaban J connectivity index is 1.22. The van der Waals surface area contributed by atoms with Crippen molar-refractivity contribution in [3.8, 4) is 11.4 Å². The molecule has 1 fully saturated rings. The zero-order valence-corrected chi connectivity index (χ0v) is 20.9. The molecule has 1 amide bonds. The number of aryl methyl sites for hydroxylation is 1. The summed E-state index contributed by atoms with van der Waals surface area (Å²) in [5.41, 5.74) is 2.83. The highest BCUT2D eigenvalue weighted by Gasteiger charge is 2.31. The van der Waals surface area contributed by atoms with Crippen LogP contribution < -0.4 is 4.90 Å². The average molecular weight is 495 g/mol. The fourth-order valence-corrected chi connectivity index (χ4v) is 6.37. The first-order valence-corrected chi connectivity index (χ1v) is 13.6. The number of aromatic nitrogens is 2. The molecular weight excluding hydrogens is 464 g/mol. The fourth-order valence-electron chi connectivity index (χ4n) is 4.90. The lowest BCUT2D eigenvalue weighted by Crippen LogP contribution is -2.37. The topological polar surface area (TPSA) is 96.6 Å². The first kappa shape index (κ1) is 23.7. The molecule has 0 unspecified atom stereocenters. The van der Waals surface area contributed by atoms with Crippen LogP contribution in [-0.4, -0.2) is 47.9 Å². The van der Waals surface area contributed by atoms with Crippen molar-refractivity contribution in [2.45, 2.75) is 56.9 Å². The van der Waals surface area contributed by atoms with E-state index in [1.54, 1.807) is 28.6 Å². The maximum absolute atomic E-state index is 12.9. The lowest BCUT2D eigenvalue weighted by atomic mass is 10.0. The Kier molecular flexibility index (Phi) is 6.46. The van der Waals surface area contributed by atoms with Crippen LogP contribution in [0.1, 0.15) is 44.6 Å². The number of amides is 1. The van der Waals surface area contributed by atoms with Crippen LogP contribution in [0.5, 0.6) is 0 Å². The molecule has 0 aliphatic carbocycles. The zero-order valence-electron chi connectivity index (χ0n) is 20.1. The van der Waals surface area contributed by atoms with Gasteiger partial charge in [0, 0.05) is 43.2 Å². The Morgan fingerprint density at radius 2 is 1.77 bits per heavy atom. The van der Waals surface area contributed by atoms with Gasteiger partial charge in [-0.2, -0.15) is 9.29 Å². The Bertz CT molecular complexity index is 1310. The van der Waals surface area contributed by atoms with E-state index in [2.05, 4.69) is 30.1 Å². The predicted molar refractivity (Wildman–Crippen MR) is 132 cm³/mol. The van der Waals surface area contributed by atoms with Crippen LogP contribution in [-0.2, 0) is 27.7 Å². The molecule has 0 spiro atoms. The van der Waals surface area contributed by atoms with Gasteiger partial charge in [0.2, 0.25) is 27.6 Å². The normalized spacial score (nSPS) is 19.1. The Labute approximate surface area is 206 Å². The first-order valence-electron chi connectivity index (χ1n) is 12.2. The van der Waals surface area contributed by atoms with Crippen LogP contribution in [0.3, 0.4) is 0 Å². The summed E-state index contributed by atoms with van der Waals surface area (Å²) in [5.74, 6) is 1.35. The molecule has 2 aliphatic rings. The molecule has 0 saturated carbocycles. The second-order valence-electron chi connectivity index (χ2n) is 9.57. The molecule has 0 N–H and O–H groups in total.